The van der Waals surface area contributed by atoms with Crippen molar-refractivity contribution in [2.24, 2.45) is 0 Å². The first kappa shape index (κ1) is 12.4. The summed E-state index contributed by atoms with van der Waals surface area (Å²) < 4.78 is 51.1. The Morgan fingerprint density at radius 3 is 2.50 bits per heavy atom. The summed E-state index contributed by atoms with van der Waals surface area (Å²) in [5.41, 5.74) is 5.12. The van der Waals surface area contributed by atoms with Crippen LogP contribution in [-0.2, 0) is 12.7 Å². The van der Waals surface area contributed by atoms with Gasteiger partial charge >= 0.3 is 6.18 Å². The minimum absolute atomic E-state index is 0.0258. The van der Waals surface area contributed by atoms with Crippen molar-refractivity contribution in [1.82, 2.24) is 9.78 Å². The number of hydrogen-bond donors (Lipinski definition) is 1. The van der Waals surface area contributed by atoms with E-state index in [0.29, 0.717) is 5.56 Å². The van der Waals surface area contributed by atoms with Crippen molar-refractivity contribution in [2.45, 2.75) is 12.7 Å². The topological polar surface area (TPSA) is 43.8 Å². The molecule has 3 nitrogen and oxygen atoms in total. The van der Waals surface area contributed by atoms with Crippen molar-refractivity contribution < 1.29 is 17.6 Å². The van der Waals surface area contributed by atoms with Gasteiger partial charge in [0.2, 0.25) is 0 Å². The Morgan fingerprint density at radius 2 is 1.94 bits per heavy atom. The van der Waals surface area contributed by atoms with Gasteiger partial charge < -0.3 is 5.73 Å². The average molecular weight is 259 g/mol. The second-order valence-corrected chi connectivity index (χ2v) is 3.79. The molecule has 1 aromatic heterocycles. The molecule has 0 aliphatic rings. The number of benzene rings is 1. The Labute approximate surface area is 99.8 Å². The highest BCUT2D eigenvalue weighted by molar-refractivity contribution is 5.41. The zero-order valence-corrected chi connectivity index (χ0v) is 9.08. The highest BCUT2D eigenvalue weighted by Gasteiger charge is 2.33. The average Bonchev–Trinajstić information content (AvgIpc) is 2.63. The summed E-state index contributed by atoms with van der Waals surface area (Å²) in [6.07, 6.45) is -3.30. The number of aromatic nitrogens is 2. The zero-order chi connectivity index (χ0) is 13.3. The predicted octanol–water partition coefficient (Wildman–Crippen LogP) is 2.67. The third-order valence-electron chi connectivity index (χ3n) is 2.26. The molecule has 0 aliphatic carbocycles. The Hall–Kier alpha value is -2.05. The maximum atomic E-state index is 13.0. The molecule has 2 rings (SSSR count). The van der Waals surface area contributed by atoms with Crippen LogP contribution in [0.3, 0.4) is 0 Å². The van der Waals surface area contributed by atoms with Crippen LogP contribution in [0, 0.1) is 5.82 Å². The number of alkyl halides is 3. The fraction of sp³-hybridized carbons (Fsp3) is 0.182. The van der Waals surface area contributed by atoms with Gasteiger partial charge in [-0.3, -0.25) is 4.68 Å². The summed E-state index contributed by atoms with van der Waals surface area (Å²) in [5, 5.41) is 3.36. The van der Waals surface area contributed by atoms with Gasteiger partial charge in [0, 0.05) is 11.9 Å². The van der Waals surface area contributed by atoms with Crippen LogP contribution in [0.25, 0.3) is 0 Å². The Morgan fingerprint density at radius 1 is 1.22 bits per heavy atom. The molecule has 96 valence electrons. The van der Waals surface area contributed by atoms with Crippen LogP contribution >= 0.6 is 0 Å². The fourth-order valence-electron chi connectivity index (χ4n) is 1.55. The lowest BCUT2D eigenvalue weighted by atomic mass is 10.2. The standard InChI is InChI=1S/C11H9F4N3/c12-8-3-7(4-9(16)5-8)6-18-2-1-10(17-18)11(13,14)15/h1-5H,6,16H2. The second kappa shape index (κ2) is 4.32. The van der Waals surface area contributed by atoms with Crippen LogP contribution in [0.1, 0.15) is 11.3 Å². The van der Waals surface area contributed by atoms with Crippen molar-refractivity contribution in [1.29, 1.82) is 0 Å². The van der Waals surface area contributed by atoms with E-state index in [9.17, 15) is 17.6 Å². The first-order valence-electron chi connectivity index (χ1n) is 5.00. The third kappa shape index (κ3) is 2.79. The summed E-state index contributed by atoms with van der Waals surface area (Å²) in [4.78, 5) is 0. The summed E-state index contributed by atoms with van der Waals surface area (Å²) in [6, 6.07) is 4.68. The Balaban J connectivity index is 2.21. The monoisotopic (exact) mass is 259 g/mol. The van der Waals surface area contributed by atoms with Gasteiger partial charge in [0.1, 0.15) is 5.82 Å². The second-order valence-electron chi connectivity index (χ2n) is 3.79. The molecule has 0 unspecified atom stereocenters. The van der Waals surface area contributed by atoms with Gasteiger partial charge in [-0.2, -0.15) is 18.3 Å². The van der Waals surface area contributed by atoms with Crippen LogP contribution in [0.5, 0.6) is 0 Å². The number of rotatable bonds is 2. The lowest BCUT2D eigenvalue weighted by molar-refractivity contribution is -0.141. The Bertz CT molecular complexity index is 539. The number of nitrogen functional groups attached to an aromatic ring is 1. The zero-order valence-electron chi connectivity index (χ0n) is 9.08. The molecule has 0 aliphatic heterocycles. The van der Waals surface area contributed by atoms with Crippen molar-refractivity contribution >= 4 is 5.69 Å². The molecule has 0 spiro atoms. The van der Waals surface area contributed by atoms with Crippen LogP contribution in [0.4, 0.5) is 23.2 Å². The molecule has 0 saturated heterocycles. The van der Waals surface area contributed by atoms with Crippen molar-refractivity contribution in [3.05, 3.63) is 47.5 Å². The van der Waals surface area contributed by atoms with E-state index in [2.05, 4.69) is 5.10 Å². The lowest BCUT2D eigenvalue weighted by Gasteiger charge is -2.04. The molecule has 0 saturated carbocycles. The molecule has 0 fully saturated rings. The SMILES string of the molecule is Nc1cc(F)cc(Cn2ccc(C(F)(F)F)n2)c1. The molecule has 7 heteroatoms. The van der Waals surface area contributed by atoms with E-state index in [0.717, 1.165) is 16.8 Å². The number of nitrogens with two attached hydrogens (primary N) is 1. The first-order valence-corrected chi connectivity index (χ1v) is 5.00. The van der Waals surface area contributed by atoms with Gasteiger partial charge in [0.15, 0.2) is 5.69 Å². The van der Waals surface area contributed by atoms with Gasteiger partial charge in [-0.15, -0.1) is 0 Å². The molecule has 1 aromatic carbocycles. The normalized spacial score (nSPS) is 11.8. The molecular formula is C11H9F4N3. The maximum Gasteiger partial charge on any atom is 0.435 e. The molecule has 2 aromatic rings. The lowest BCUT2D eigenvalue weighted by Crippen LogP contribution is -2.08. The summed E-state index contributed by atoms with van der Waals surface area (Å²) in [6.45, 7) is 0.0258. The van der Waals surface area contributed by atoms with Gasteiger partial charge in [-0.1, -0.05) is 0 Å². The van der Waals surface area contributed by atoms with E-state index in [4.69, 9.17) is 5.73 Å². The van der Waals surface area contributed by atoms with E-state index >= 15 is 0 Å². The van der Waals surface area contributed by atoms with E-state index in [1.807, 2.05) is 0 Å². The molecule has 0 atom stereocenters. The van der Waals surface area contributed by atoms with Crippen molar-refractivity contribution in [2.75, 3.05) is 5.73 Å². The van der Waals surface area contributed by atoms with E-state index in [-0.39, 0.29) is 12.2 Å². The summed E-state index contributed by atoms with van der Waals surface area (Å²) >= 11 is 0. The molecular weight excluding hydrogens is 250 g/mol. The van der Waals surface area contributed by atoms with Crippen LogP contribution in [-0.4, -0.2) is 9.78 Å². The smallest absolute Gasteiger partial charge is 0.399 e. The molecule has 0 amide bonds. The first-order chi connectivity index (χ1) is 8.34. The van der Waals surface area contributed by atoms with Gasteiger partial charge in [-0.25, -0.2) is 4.39 Å². The van der Waals surface area contributed by atoms with Crippen LogP contribution < -0.4 is 5.73 Å². The third-order valence-corrected chi connectivity index (χ3v) is 2.26. The maximum absolute atomic E-state index is 13.0. The number of nitrogens with zero attached hydrogens (tertiary/aromatic N) is 2. The van der Waals surface area contributed by atoms with E-state index in [1.54, 1.807) is 0 Å². The largest absolute Gasteiger partial charge is 0.435 e. The molecule has 0 bridgehead atoms. The molecule has 2 N–H and O–H groups in total. The molecule has 1 heterocycles. The highest BCUT2D eigenvalue weighted by atomic mass is 19.4. The van der Waals surface area contributed by atoms with E-state index in [1.165, 1.54) is 18.3 Å². The van der Waals surface area contributed by atoms with Gasteiger partial charge in [0.05, 0.1) is 6.54 Å². The molecule has 18 heavy (non-hydrogen) atoms. The quantitative estimate of drug-likeness (QED) is 0.665. The minimum Gasteiger partial charge on any atom is -0.399 e. The van der Waals surface area contributed by atoms with Crippen LogP contribution in [0.2, 0.25) is 0 Å². The Kier molecular flexibility index (Phi) is 2.98. The molecule has 0 radical (unpaired) electrons. The van der Waals surface area contributed by atoms with Crippen molar-refractivity contribution in [3.63, 3.8) is 0 Å². The number of halogens is 4. The van der Waals surface area contributed by atoms with E-state index < -0.39 is 17.7 Å². The summed E-state index contributed by atoms with van der Waals surface area (Å²) in [7, 11) is 0. The highest BCUT2D eigenvalue weighted by Crippen LogP contribution is 2.27. The van der Waals surface area contributed by atoms with Gasteiger partial charge in [0.25, 0.3) is 0 Å². The number of anilines is 1. The fourth-order valence-corrected chi connectivity index (χ4v) is 1.55. The minimum atomic E-state index is -4.48. The van der Waals surface area contributed by atoms with Crippen LogP contribution in [0.15, 0.2) is 30.5 Å². The van der Waals surface area contributed by atoms with Crippen molar-refractivity contribution in [3.8, 4) is 0 Å². The predicted molar refractivity (Wildman–Crippen MR) is 57.1 cm³/mol. The number of hydrogen-bond acceptors (Lipinski definition) is 2. The summed E-state index contributed by atoms with van der Waals surface area (Å²) in [5.74, 6) is -0.534. The van der Waals surface area contributed by atoms with Gasteiger partial charge in [-0.05, 0) is 29.8 Å².